The average molecular weight is 298 g/mol. The number of rotatable bonds is 4. The molecule has 1 saturated carbocycles. The van der Waals surface area contributed by atoms with E-state index in [2.05, 4.69) is 13.8 Å². The number of nitro groups is 1. The van der Waals surface area contributed by atoms with Gasteiger partial charge in [-0.2, -0.15) is 0 Å². The molecule has 1 aromatic carbocycles. The zero-order valence-electron chi connectivity index (χ0n) is 11.8. The molecule has 1 fully saturated rings. The Balaban J connectivity index is 2.18. The van der Waals surface area contributed by atoms with Crippen molar-refractivity contribution >= 4 is 17.3 Å². The summed E-state index contributed by atoms with van der Waals surface area (Å²) < 4.78 is 5.90. The third-order valence-electron chi connectivity index (χ3n) is 3.80. The first-order chi connectivity index (χ1) is 9.49. The van der Waals surface area contributed by atoms with Crippen LogP contribution in [0.1, 0.15) is 38.7 Å². The second-order valence-corrected chi connectivity index (χ2v) is 6.12. The molecule has 0 spiro atoms. The van der Waals surface area contributed by atoms with Crippen LogP contribution < -0.4 is 4.74 Å². The van der Waals surface area contributed by atoms with E-state index >= 15 is 0 Å². The molecule has 1 aromatic rings. The summed E-state index contributed by atoms with van der Waals surface area (Å²) in [5, 5.41) is 11.1. The molecule has 0 aliphatic heterocycles. The number of nitrogens with zero attached hydrogens (tertiary/aromatic N) is 1. The van der Waals surface area contributed by atoms with Gasteiger partial charge in [0.05, 0.1) is 11.0 Å². The van der Waals surface area contributed by atoms with Crippen molar-refractivity contribution < 1.29 is 9.66 Å². The molecule has 4 nitrogen and oxygen atoms in total. The Morgan fingerprint density at radius 2 is 1.95 bits per heavy atom. The monoisotopic (exact) mass is 297 g/mol. The lowest BCUT2D eigenvalue weighted by atomic mass is 9.82. The molecular formula is C15H20ClNO3. The van der Waals surface area contributed by atoms with E-state index in [9.17, 15) is 10.1 Å². The number of hydrogen-bond acceptors (Lipinski definition) is 3. The highest BCUT2D eigenvalue weighted by atomic mass is 35.5. The normalized spacial score (nSPS) is 26.2. The van der Waals surface area contributed by atoms with Gasteiger partial charge in [-0.15, -0.1) is 11.6 Å². The van der Waals surface area contributed by atoms with Crippen molar-refractivity contribution in [3.63, 3.8) is 0 Å². The van der Waals surface area contributed by atoms with E-state index in [4.69, 9.17) is 16.3 Å². The maximum atomic E-state index is 11.1. The van der Waals surface area contributed by atoms with Crippen LogP contribution in [0.5, 0.6) is 5.75 Å². The molecule has 0 bridgehead atoms. The van der Waals surface area contributed by atoms with Gasteiger partial charge in [-0.05, 0) is 42.7 Å². The summed E-state index contributed by atoms with van der Waals surface area (Å²) in [5.41, 5.74) is 0.741. The zero-order chi connectivity index (χ0) is 14.7. The third kappa shape index (κ3) is 3.63. The Morgan fingerprint density at radius 1 is 1.30 bits per heavy atom. The van der Waals surface area contributed by atoms with Gasteiger partial charge in [-0.1, -0.05) is 19.9 Å². The smallest absolute Gasteiger partial charge is 0.311 e. The summed E-state index contributed by atoms with van der Waals surface area (Å²) in [6, 6.07) is 4.95. The summed E-state index contributed by atoms with van der Waals surface area (Å²) in [6.45, 7) is 4.41. The fourth-order valence-corrected chi connectivity index (χ4v) is 3.20. The van der Waals surface area contributed by atoms with Gasteiger partial charge in [0.15, 0.2) is 5.75 Å². The van der Waals surface area contributed by atoms with Crippen molar-refractivity contribution in [1.29, 1.82) is 0 Å². The Hall–Kier alpha value is -1.29. The van der Waals surface area contributed by atoms with Crippen LogP contribution in [0.15, 0.2) is 18.2 Å². The summed E-state index contributed by atoms with van der Waals surface area (Å²) in [4.78, 5) is 10.7. The molecule has 0 saturated heterocycles. The van der Waals surface area contributed by atoms with Crippen LogP contribution in [-0.4, -0.2) is 11.0 Å². The first-order valence-corrected chi connectivity index (χ1v) is 7.53. The number of ether oxygens (including phenoxy) is 1. The van der Waals surface area contributed by atoms with E-state index in [1.165, 1.54) is 12.5 Å². The van der Waals surface area contributed by atoms with Gasteiger partial charge in [0, 0.05) is 11.9 Å². The van der Waals surface area contributed by atoms with E-state index in [-0.39, 0.29) is 17.7 Å². The SMILES string of the molecule is CC1CC(C)CC(Oc2ccc(CCl)cc2[N+](=O)[O-])C1. The van der Waals surface area contributed by atoms with Gasteiger partial charge in [0.1, 0.15) is 0 Å². The van der Waals surface area contributed by atoms with Crippen LogP contribution in [0.25, 0.3) is 0 Å². The van der Waals surface area contributed by atoms with Gasteiger partial charge < -0.3 is 4.74 Å². The minimum atomic E-state index is -0.402. The Bertz CT molecular complexity index is 482. The van der Waals surface area contributed by atoms with Gasteiger partial charge in [-0.25, -0.2) is 0 Å². The van der Waals surface area contributed by atoms with Crippen LogP contribution in [-0.2, 0) is 5.88 Å². The molecule has 2 unspecified atom stereocenters. The predicted octanol–water partition coefficient (Wildman–Crippen LogP) is 4.54. The molecular weight excluding hydrogens is 278 g/mol. The van der Waals surface area contributed by atoms with Crippen LogP contribution in [0.3, 0.4) is 0 Å². The maximum Gasteiger partial charge on any atom is 0.311 e. The molecule has 110 valence electrons. The molecule has 2 atom stereocenters. The zero-order valence-corrected chi connectivity index (χ0v) is 12.6. The van der Waals surface area contributed by atoms with E-state index in [0.29, 0.717) is 17.6 Å². The van der Waals surface area contributed by atoms with Crippen molar-refractivity contribution in [2.45, 2.75) is 45.1 Å². The highest BCUT2D eigenvalue weighted by Crippen LogP contribution is 2.35. The minimum absolute atomic E-state index is 0.00836. The topological polar surface area (TPSA) is 52.4 Å². The minimum Gasteiger partial charge on any atom is -0.483 e. The number of alkyl halides is 1. The Morgan fingerprint density at radius 3 is 2.50 bits per heavy atom. The highest BCUT2D eigenvalue weighted by molar-refractivity contribution is 6.17. The molecule has 1 aliphatic carbocycles. The quantitative estimate of drug-likeness (QED) is 0.466. The fourth-order valence-electron chi connectivity index (χ4n) is 3.04. The van der Waals surface area contributed by atoms with E-state index in [1.807, 2.05) is 0 Å². The molecule has 20 heavy (non-hydrogen) atoms. The first kappa shape index (κ1) is 15.1. The van der Waals surface area contributed by atoms with Gasteiger partial charge in [-0.3, -0.25) is 10.1 Å². The van der Waals surface area contributed by atoms with Gasteiger partial charge >= 0.3 is 5.69 Å². The van der Waals surface area contributed by atoms with Gasteiger partial charge in [0.25, 0.3) is 0 Å². The largest absolute Gasteiger partial charge is 0.483 e. The van der Waals surface area contributed by atoms with Crippen molar-refractivity contribution in [2.75, 3.05) is 0 Å². The average Bonchev–Trinajstić information content (AvgIpc) is 2.37. The van der Waals surface area contributed by atoms with E-state index < -0.39 is 4.92 Å². The van der Waals surface area contributed by atoms with Crippen molar-refractivity contribution in [2.24, 2.45) is 11.8 Å². The van der Waals surface area contributed by atoms with Crippen LogP contribution >= 0.6 is 11.6 Å². The molecule has 1 aliphatic rings. The van der Waals surface area contributed by atoms with Crippen molar-refractivity contribution in [1.82, 2.24) is 0 Å². The van der Waals surface area contributed by atoms with E-state index in [1.54, 1.807) is 12.1 Å². The molecule has 5 heteroatoms. The molecule has 2 rings (SSSR count). The first-order valence-electron chi connectivity index (χ1n) is 6.99. The lowest BCUT2D eigenvalue weighted by Gasteiger charge is -2.31. The molecule has 0 N–H and O–H groups in total. The number of nitro benzene ring substituents is 1. The third-order valence-corrected chi connectivity index (χ3v) is 4.11. The molecule has 0 amide bonds. The second-order valence-electron chi connectivity index (χ2n) is 5.85. The molecule has 0 aromatic heterocycles. The fraction of sp³-hybridized carbons (Fsp3) is 0.600. The molecule has 0 heterocycles. The Labute approximate surface area is 124 Å². The maximum absolute atomic E-state index is 11.1. The highest BCUT2D eigenvalue weighted by Gasteiger charge is 2.27. The number of halogens is 1. The number of hydrogen-bond donors (Lipinski definition) is 0. The lowest BCUT2D eigenvalue weighted by Crippen LogP contribution is -2.28. The van der Waals surface area contributed by atoms with Crippen molar-refractivity contribution in [3.8, 4) is 5.75 Å². The lowest BCUT2D eigenvalue weighted by molar-refractivity contribution is -0.386. The summed E-state index contributed by atoms with van der Waals surface area (Å²) in [7, 11) is 0. The van der Waals surface area contributed by atoms with E-state index in [0.717, 1.165) is 18.4 Å². The standard InChI is InChI=1S/C15H20ClNO3/c1-10-5-11(2)7-13(6-10)20-15-4-3-12(9-16)8-14(15)17(18)19/h3-4,8,10-11,13H,5-7,9H2,1-2H3. The predicted molar refractivity (Wildman–Crippen MR) is 79.2 cm³/mol. The Kier molecular flexibility index (Phi) is 4.86. The van der Waals surface area contributed by atoms with Crippen molar-refractivity contribution in [3.05, 3.63) is 33.9 Å². The van der Waals surface area contributed by atoms with Crippen LogP contribution in [0, 0.1) is 22.0 Å². The van der Waals surface area contributed by atoms with Gasteiger partial charge in [0.2, 0.25) is 0 Å². The molecule has 0 radical (unpaired) electrons. The summed E-state index contributed by atoms with van der Waals surface area (Å²) in [6.07, 6.45) is 3.18. The second kappa shape index (κ2) is 6.44. The van der Waals surface area contributed by atoms with Crippen LogP contribution in [0.2, 0.25) is 0 Å². The van der Waals surface area contributed by atoms with Crippen LogP contribution in [0.4, 0.5) is 5.69 Å². The number of benzene rings is 1. The summed E-state index contributed by atoms with van der Waals surface area (Å²) in [5.74, 6) is 1.82. The summed E-state index contributed by atoms with van der Waals surface area (Å²) >= 11 is 5.72.